The molecule has 0 spiro atoms. The summed E-state index contributed by atoms with van der Waals surface area (Å²) in [6, 6.07) is 7.12. The first-order valence-electron chi connectivity index (χ1n) is 8.20. The molecule has 0 aliphatic carbocycles. The van der Waals surface area contributed by atoms with Crippen molar-refractivity contribution in [3.05, 3.63) is 24.3 Å². The van der Waals surface area contributed by atoms with Gasteiger partial charge in [-0.05, 0) is 24.3 Å². The Bertz CT molecular complexity index is 566. The van der Waals surface area contributed by atoms with Crippen LogP contribution in [0, 0.1) is 0 Å². The van der Waals surface area contributed by atoms with Crippen LogP contribution in [-0.2, 0) is 9.59 Å². The number of aromatic hydroxyl groups is 1. The predicted octanol–water partition coefficient (Wildman–Crippen LogP) is -1.36. The molecule has 0 aromatic heterocycles. The first kappa shape index (κ1) is 18.1. The predicted molar refractivity (Wildman–Crippen MR) is 92.2 cm³/mol. The fourth-order valence-electron chi connectivity index (χ4n) is 2.73. The second-order valence-electron chi connectivity index (χ2n) is 6.48. The van der Waals surface area contributed by atoms with Crippen molar-refractivity contribution in [1.29, 1.82) is 0 Å². The zero-order valence-electron chi connectivity index (χ0n) is 14.7. The monoisotopic (exact) mass is 335 g/mol. The highest BCUT2D eigenvalue weighted by Crippen LogP contribution is 2.19. The van der Waals surface area contributed by atoms with Crippen molar-refractivity contribution in [2.45, 2.75) is 0 Å². The van der Waals surface area contributed by atoms with E-state index in [1.807, 2.05) is 24.1 Å². The lowest BCUT2D eigenvalue weighted by atomic mass is 10.2. The molecule has 2 amide bonds. The van der Waals surface area contributed by atoms with Crippen LogP contribution in [0.3, 0.4) is 0 Å². The van der Waals surface area contributed by atoms with Gasteiger partial charge >= 0.3 is 0 Å². The van der Waals surface area contributed by atoms with Gasteiger partial charge in [0.15, 0.2) is 13.1 Å². The van der Waals surface area contributed by atoms with Crippen LogP contribution in [0.2, 0.25) is 0 Å². The van der Waals surface area contributed by atoms with Crippen molar-refractivity contribution in [1.82, 2.24) is 9.80 Å². The van der Waals surface area contributed by atoms with E-state index in [1.54, 1.807) is 31.1 Å². The number of hydrogen-bond acceptors (Lipinski definition) is 4. The van der Waals surface area contributed by atoms with Crippen LogP contribution < -0.4 is 9.80 Å². The molecule has 0 radical (unpaired) electrons. The molecule has 1 heterocycles. The van der Waals surface area contributed by atoms with Gasteiger partial charge in [-0.25, -0.2) is 0 Å². The van der Waals surface area contributed by atoms with E-state index in [9.17, 15) is 14.7 Å². The first-order chi connectivity index (χ1) is 11.4. The zero-order valence-corrected chi connectivity index (χ0v) is 14.7. The van der Waals surface area contributed by atoms with Gasteiger partial charge in [0.25, 0.3) is 11.8 Å². The molecule has 1 aliphatic heterocycles. The molecule has 1 fully saturated rings. The summed E-state index contributed by atoms with van der Waals surface area (Å²) in [5.41, 5.74) is 1.05. The maximum Gasteiger partial charge on any atom is 0.277 e. The molecule has 1 aromatic rings. The Hall–Kier alpha value is -2.28. The molecule has 7 nitrogen and oxygen atoms in total. The summed E-state index contributed by atoms with van der Waals surface area (Å²) >= 11 is 0. The number of phenolic OH excluding ortho intramolecular Hbond substituents is 1. The Balaban J connectivity index is 1.80. The van der Waals surface area contributed by atoms with Crippen LogP contribution in [0.4, 0.5) is 5.69 Å². The highest BCUT2D eigenvalue weighted by molar-refractivity contribution is 5.79. The van der Waals surface area contributed by atoms with E-state index >= 15 is 0 Å². The van der Waals surface area contributed by atoms with E-state index in [4.69, 9.17) is 0 Å². The molecule has 24 heavy (non-hydrogen) atoms. The number of likely N-dealkylation sites (N-methyl/N-ethyl adjacent to an activating group) is 2. The van der Waals surface area contributed by atoms with Crippen LogP contribution in [0.25, 0.3) is 0 Å². The lowest BCUT2D eigenvalue weighted by molar-refractivity contribution is -0.863. The number of carbonyl (C=O) groups is 2. The standard InChI is InChI=1S/C17H26N4O3/c1-18(2)16(23)12-19(3)13-17(24)21-10-8-20(9-11-21)14-4-6-15(22)7-5-14/h4-7,22H,8-13H2,1-3H3/p+1. The molecular weight excluding hydrogens is 308 g/mol. The fourth-order valence-corrected chi connectivity index (χ4v) is 2.73. The number of nitrogens with zero attached hydrogens (tertiary/aromatic N) is 3. The summed E-state index contributed by atoms with van der Waals surface area (Å²) < 4.78 is 0. The van der Waals surface area contributed by atoms with E-state index in [0.29, 0.717) is 26.2 Å². The molecule has 7 heteroatoms. The van der Waals surface area contributed by atoms with Gasteiger partial charge in [0.2, 0.25) is 0 Å². The molecule has 0 bridgehead atoms. The van der Waals surface area contributed by atoms with Gasteiger partial charge < -0.3 is 24.7 Å². The smallest absolute Gasteiger partial charge is 0.277 e. The number of anilines is 1. The molecule has 2 N–H and O–H groups in total. The Morgan fingerprint density at radius 1 is 1.08 bits per heavy atom. The molecule has 1 saturated heterocycles. The van der Waals surface area contributed by atoms with Gasteiger partial charge in [-0.2, -0.15) is 0 Å². The van der Waals surface area contributed by atoms with Gasteiger partial charge in [0.1, 0.15) is 5.75 Å². The van der Waals surface area contributed by atoms with Crippen molar-refractivity contribution in [2.24, 2.45) is 0 Å². The molecular formula is C17H27N4O3+. The largest absolute Gasteiger partial charge is 0.508 e. The number of quaternary nitrogens is 1. The van der Waals surface area contributed by atoms with E-state index < -0.39 is 0 Å². The fraction of sp³-hybridized carbons (Fsp3) is 0.529. The molecule has 1 aromatic carbocycles. The van der Waals surface area contributed by atoms with Gasteiger partial charge in [-0.3, -0.25) is 9.59 Å². The number of benzene rings is 1. The highest BCUT2D eigenvalue weighted by atomic mass is 16.3. The number of rotatable bonds is 5. The minimum atomic E-state index is 0.0254. The highest BCUT2D eigenvalue weighted by Gasteiger charge is 2.24. The minimum absolute atomic E-state index is 0.0254. The average molecular weight is 335 g/mol. The van der Waals surface area contributed by atoms with Crippen molar-refractivity contribution >= 4 is 17.5 Å². The Kier molecular flexibility index (Phi) is 6.03. The molecule has 1 unspecified atom stereocenters. The topological polar surface area (TPSA) is 68.5 Å². The third-order valence-corrected chi connectivity index (χ3v) is 4.25. The lowest BCUT2D eigenvalue weighted by Crippen LogP contribution is -3.11. The number of amides is 2. The number of phenols is 1. The van der Waals surface area contributed by atoms with Crippen LogP contribution in [0.15, 0.2) is 24.3 Å². The summed E-state index contributed by atoms with van der Waals surface area (Å²) in [4.78, 5) is 30.6. The zero-order chi connectivity index (χ0) is 17.7. The Morgan fingerprint density at radius 3 is 2.21 bits per heavy atom. The van der Waals surface area contributed by atoms with E-state index in [-0.39, 0.29) is 17.6 Å². The third kappa shape index (κ3) is 4.86. The van der Waals surface area contributed by atoms with Crippen molar-refractivity contribution in [3.8, 4) is 5.75 Å². The van der Waals surface area contributed by atoms with Gasteiger partial charge in [-0.15, -0.1) is 0 Å². The normalized spacial score (nSPS) is 16.0. The van der Waals surface area contributed by atoms with E-state index in [0.717, 1.165) is 23.7 Å². The minimum Gasteiger partial charge on any atom is -0.508 e. The van der Waals surface area contributed by atoms with Gasteiger partial charge in [0, 0.05) is 46.0 Å². The number of piperazine rings is 1. The van der Waals surface area contributed by atoms with Crippen molar-refractivity contribution in [2.75, 3.05) is 65.3 Å². The van der Waals surface area contributed by atoms with E-state index in [2.05, 4.69) is 4.90 Å². The van der Waals surface area contributed by atoms with E-state index in [1.165, 1.54) is 0 Å². The van der Waals surface area contributed by atoms with Crippen molar-refractivity contribution < 1.29 is 19.6 Å². The molecule has 2 rings (SSSR count). The second-order valence-corrected chi connectivity index (χ2v) is 6.48. The summed E-state index contributed by atoms with van der Waals surface area (Å²) in [5, 5.41) is 9.35. The van der Waals surface area contributed by atoms with Crippen LogP contribution in [-0.4, -0.2) is 87.1 Å². The van der Waals surface area contributed by atoms with Gasteiger partial charge in [-0.1, -0.05) is 0 Å². The Labute approximate surface area is 143 Å². The average Bonchev–Trinajstić information content (AvgIpc) is 2.55. The van der Waals surface area contributed by atoms with Crippen LogP contribution >= 0.6 is 0 Å². The number of nitrogens with one attached hydrogen (secondary N) is 1. The molecule has 1 atom stereocenters. The first-order valence-corrected chi connectivity index (χ1v) is 8.20. The third-order valence-electron chi connectivity index (χ3n) is 4.25. The molecule has 1 aliphatic rings. The van der Waals surface area contributed by atoms with Gasteiger partial charge in [0.05, 0.1) is 7.05 Å². The molecule has 0 saturated carbocycles. The maximum atomic E-state index is 12.4. The number of carbonyl (C=O) groups excluding carboxylic acids is 2. The van der Waals surface area contributed by atoms with Crippen molar-refractivity contribution in [3.63, 3.8) is 0 Å². The Morgan fingerprint density at radius 2 is 1.67 bits per heavy atom. The summed E-state index contributed by atoms with van der Waals surface area (Å²) in [6.07, 6.45) is 0. The summed E-state index contributed by atoms with van der Waals surface area (Å²) in [5.74, 6) is 0.368. The summed E-state index contributed by atoms with van der Waals surface area (Å²) in [7, 11) is 5.31. The van der Waals surface area contributed by atoms with Crippen LogP contribution in [0.5, 0.6) is 5.75 Å². The van der Waals surface area contributed by atoms with Crippen LogP contribution in [0.1, 0.15) is 0 Å². The number of hydrogen-bond donors (Lipinski definition) is 2. The summed E-state index contributed by atoms with van der Waals surface area (Å²) in [6.45, 7) is 3.55. The quantitative estimate of drug-likeness (QED) is 0.698. The lowest BCUT2D eigenvalue weighted by Gasteiger charge is -2.36. The maximum absolute atomic E-state index is 12.4. The SMILES string of the molecule is CN(C)C(=O)C[NH+](C)CC(=O)N1CCN(c2ccc(O)cc2)CC1. The second kappa shape index (κ2) is 8.01. The molecule has 132 valence electrons.